The van der Waals surface area contributed by atoms with Crippen molar-refractivity contribution in [3.8, 4) is 0 Å². The molecule has 1 aliphatic heterocycles. The van der Waals surface area contributed by atoms with Gasteiger partial charge in [-0.3, -0.25) is 4.79 Å². The van der Waals surface area contributed by atoms with Crippen LogP contribution in [0.1, 0.15) is 41.5 Å². The molecule has 1 N–H and O–H groups in total. The number of aliphatic carboxylic acids is 1. The highest BCUT2D eigenvalue weighted by Gasteiger charge is 2.55. The van der Waals surface area contributed by atoms with E-state index < -0.39 is 11.4 Å². The second kappa shape index (κ2) is 5.13. The summed E-state index contributed by atoms with van der Waals surface area (Å²) in [6.45, 7) is 6.85. The second-order valence-corrected chi connectivity index (χ2v) is 6.89. The van der Waals surface area contributed by atoms with Crippen molar-refractivity contribution in [1.29, 1.82) is 0 Å². The zero-order chi connectivity index (χ0) is 15.2. The Labute approximate surface area is 126 Å². The van der Waals surface area contributed by atoms with Gasteiger partial charge in [0.1, 0.15) is 5.41 Å². The molecule has 2 aliphatic rings. The third kappa shape index (κ3) is 2.48. The molecule has 0 amide bonds. The number of carboxylic acids is 1. The van der Waals surface area contributed by atoms with Gasteiger partial charge < -0.3 is 9.84 Å². The first-order chi connectivity index (χ1) is 9.94. The lowest BCUT2D eigenvalue weighted by Crippen LogP contribution is -2.42. The molecule has 1 aliphatic carbocycles. The van der Waals surface area contributed by atoms with E-state index in [2.05, 4.69) is 32.9 Å². The lowest BCUT2D eigenvalue weighted by Gasteiger charge is -2.31. The fourth-order valence-corrected chi connectivity index (χ4v) is 3.95. The van der Waals surface area contributed by atoms with E-state index in [0.717, 1.165) is 12.8 Å². The van der Waals surface area contributed by atoms with E-state index in [9.17, 15) is 9.90 Å². The van der Waals surface area contributed by atoms with E-state index in [1.54, 1.807) is 0 Å². The van der Waals surface area contributed by atoms with Crippen molar-refractivity contribution in [2.24, 2.45) is 11.3 Å². The van der Waals surface area contributed by atoms with E-state index in [4.69, 9.17) is 4.74 Å². The van der Waals surface area contributed by atoms with Crippen molar-refractivity contribution < 1.29 is 14.6 Å². The molecule has 2 atom stereocenters. The molecule has 1 aromatic rings. The van der Waals surface area contributed by atoms with Crippen LogP contribution in [0.4, 0.5) is 0 Å². The average Bonchev–Trinajstić information content (AvgIpc) is 3.14. The van der Waals surface area contributed by atoms with Crippen LogP contribution in [-0.2, 0) is 16.0 Å². The molecule has 0 bridgehead atoms. The number of hydrogen-bond donors (Lipinski definition) is 1. The van der Waals surface area contributed by atoms with Gasteiger partial charge in [-0.15, -0.1) is 0 Å². The van der Waals surface area contributed by atoms with Crippen LogP contribution in [-0.4, -0.2) is 23.8 Å². The minimum Gasteiger partial charge on any atom is -0.481 e. The lowest BCUT2D eigenvalue weighted by molar-refractivity contribution is -0.153. The Hall–Kier alpha value is -1.35. The zero-order valence-electron chi connectivity index (χ0n) is 13.1. The first-order valence-corrected chi connectivity index (χ1v) is 7.86. The molecule has 1 heterocycles. The summed E-state index contributed by atoms with van der Waals surface area (Å²) >= 11 is 0. The van der Waals surface area contributed by atoms with Crippen LogP contribution < -0.4 is 0 Å². The molecule has 3 heteroatoms. The number of aryl methyl sites for hydroxylation is 3. The summed E-state index contributed by atoms with van der Waals surface area (Å²) in [6, 6.07) is 4.31. The molecule has 3 nitrogen and oxygen atoms in total. The van der Waals surface area contributed by atoms with Crippen molar-refractivity contribution in [1.82, 2.24) is 0 Å². The maximum Gasteiger partial charge on any atom is 0.312 e. The average molecular weight is 288 g/mol. The van der Waals surface area contributed by atoms with Crippen LogP contribution >= 0.6 is 0 Å². The first kappa shape index (κ1) is 14.6. The minimum atomic E-state index is -0.730. The normalized spacial score (nSPS) is 28.8. The summed E-state index contributed by atoms with van der Waals surface area (Å²) < 4.78 is 5.85. The van der Waals surface area contributed by atoms with Gasteiger partial charge in [0.15, 0.2) is 0 Å². The summed E-state index contributed by atoms with van der Waals surface area (Å²) in [5, 5.41) is 9.93. The van der Waals surface area contributed by atoms with Gasteiger partial charge in [-0.05, 0) is 69.1 Å². The molecule has 1 aromatic carbocycles. The van der Waals surface area contributed by atoms with E-state index in [0.29, 0.717) is 25.4 Å². The molecular formula is C18H24O3. The molecule has 2 unspecified atom stereocenters. The number of rotatable bonds is 4. The van der Waals surface area contributed by atoms with Gasteiger partial charge >= 0.3 is 5.97 Å². The van der Waals surface area contributed by atoms with Crippen molar-refractivity contribution in [2.75, 3.05) is 6.61 Å². The van der Waals surface area contributed by atoms with Crippen LogP contribution in [0.3, 0.4) is 0 Å². The molecule has 21 heavy (non-hydrogen) atoms. The lowest BCUT2D eigenvalue weighted by atomic mass is 9.72. The predicted molar refractivity (Wildman–Crippen MR) is 81.5 cm³/mol. The van der Waals surface area contributed by atoms with Gasteiger partial charge in [-0.2, -0.15) is 0 Å². The highest BCUT2D eigenvalue weighted by Crippen LogP contribution is 2.50. The van der Waals surface area contributed by atoms with Crippen molar-refractivity contribution in [3.05, 3.63) is 34.4 Å². The van der Waals surface area contributed by atoms with Gasteiger partial charge in [0, 0.05) is 6.61 Å². The summed E-state index contributed by atoms with van der Waals surface area (Å²) in [6.07, 6.45) is 3.37. The van der Waals surface area contributed by atoms with E-state index in [-0.39, 0.29) is 6.10 Å². The van der Waals surface area contributed by atoms with Crippen molar-refractivity contribution in [2.45, 2.75) is 52.6 Å². The van der Waals surface area contributed by atoms with Crippen molar-refractivity contribution >= 4 is 5.97 Å². The highest BCUT2D eigenvalue weighted by atomic mass is 16.5. The van der Waals surface area contributed by atoms with Gasteiger partial charge in [0.05, 0.1) is 6.10 Å². The molecular weight excluding hydrogens is 264 g/mol. The molecule has 114 valence electrons. The maximum absolute atomic E-state index is 12.1. The van der Waals surface area contributed by atoms with Gasteiger partial charge in [-0.1, -0.05) is 17.7 Å². The topological polar surface area (TPSA) is 46.5 Å². The zero-order valence-corrected chi connectivity index (χ0v) is 13.1. The molecule has 0 aromatic heterocycles. The quantitative estimate of drug-likeness (QED) is 0.923. The number of carbonyl (C=O) groups is 1. The summed E-state index contributed by atoms with van der Waals surface area (Å²) in [4.78, 5) is 12.1. The Morgan fingerprint density at radius 1 is 1.29 bits per heavy atom. The Morgan fingerprint density at radius 3 is 2.43 bits per heavy atom. The Morgan fingerprint density at radius 2 is 1.90 bits per heavy atom. The SMILES string of the molecule is Cc1cc(C)c(CC2(C(=O)O)CCOC2C2CC2)c(C)c1. The Kier molecular flexibility index (Phi) is 3.56. The van der Waals surface area contributed by atoms with Gasteiger partial charge in [0.2, 0.25) is 0 Å². The fraction of sp³-hybridized carbons (Fsp3) is 0.611. The molecule has 1 saturated carbocycles. The number of ether oxygens (including phenoxy) is 1. The van der Waals surface area contributed by atoms with Crippen LogP contribution in [0.2, 0.25) is 0 Å². The van der Waals surface area contributed by atoms with Gasteiger partial charge in [-0.25, -0.2) is 0 Å². The predicted octanol–water partition coefficient (Wildman–Crippen LogP) is 3.42. The summed E-state index contributed by atoms with van der Waals surface area (Å²) in [7, 11) is 0. The largest absolute Gasteiger partial charge is 0.481 e. The molecule has 0 spiro atoms. The Balaban J connectivity index is 1.98. The summed E-state index contributed by atoms with van der Waals surface area (Å²) in [5.41, 5.74) is 4.11. The highest BCUT2D eigenvalue weighted by molar-refractivity contribution is 5.77. The van der Waals surface area contributed by atoms with Crippen LogP contribution in [0.15, 0.2) is 12.1 Å². The standard InChI is InChI=1S/C18H24O3/c1-11-8-12(2)15(13(3)9-11)10-18(17(19)20)6-7-21-16(18)14-4-5-14/h8-9,14,16H,4-7,10H2,1-3H3,(H,19,20). The second-order valence-electron chi connectivity index (χ2n) is 6.89. The molecule has 3 rings (SSSR count). The smallest absolute Gasteiger partial charge is 0.312 e. The first-order valence-electron chi connectivity index (χ1n) is 7.86. The van der Waals surface area contributed by atoms with Crippen molar-refractivity contribution in [3.63, 3.8) is 0 Å². The third-order valence-electron chi connectivity index (χ3n) is 5.20. The number of carboxylic acid groups (broad SMARTS) is 1. The maximum atomic E-state index is 12.1. The van der Waals surface area contributed by atoms with E-state index >= 15 is 0 Å². The minimum absolute atomic E-state index is 0.102. The number of hydrogen-bond acceptors (Lipinski definition) is 2. The van der Waals surface area contributed by atoms with Crippen LogP contribution in [0, 0.1) is 32.1 Å². The molecule has 0 radical (unpaired) electrons. The third-order valence-corrected chi connectivity index (χ3v) is 5.20. The van der Waals surface area contributed by atoms with Gasteiger partial charge in [0.25, 0.3) is 0 Å². The number of benzene rings is 1. The Bertz CT molecular complexity index is 551. The van der Waals surface area contributed by atoms with E-state index in [1.165, 1.54) is 22.3 Å². The van der Waals surface area contributed by atoms with Crippen LogP contribution in [0.25, 0.3) is 0 Å². The molecule has 1 saturated heterocycles. The summed E-state index contributed by atoms with van der Waals surface area (Å²) in [5.74, 6) is -0.231. The van der Waals surface area contributed by atoms with Crippen LogP contribution in [0.5, 0.6) is 0 Å². The molecule has 2 fully saturated rings. The monoisotopic (exact) mass is 288 g/mol. The fourth-order valence-electron chi connectivity index (χ4n) is 3.95. The van der Waals surface area contributed by atoms with E-state index in [1.807, 2.05) is 0 Å².